The van der Waals surface area contributed by atoms with E-state index in [0.29, 0.717) is 22.5 Å². The molecule has 6 nitrogen and oxygen atoms in total. The molecule has 84 valence electrons. The van der Waals surface area contributed by atoms with Gasteiger partial charge in [0.25, 0.3) is 0 Å². The van der Waals surface area contributed by atoms with Crippen molar-refractivity contribution in [2.45, 2.75) is 6.92 Å². The lowest BCUT2D eigenvalue weighted by Crippen LogP contribution is -2.03. The number of hydrogen-bond acceptors (Lipinski definition) is 6. The normalized spacial score (nSPS) is 10.1. The Bertz CT molecular complexity index is 459. The SMILES string of the molecule is CCNc1nc(Nc2cnoc2)ncc1Cl. The molecule has 0 saturated heterocycles. The van der Waals surface area contributed by atoms with Crippen LogP contribution in [0.4, 0.5) is 17.5 Å². The van der Waals surface area contributed by atoms with Crippen molar-refractivity contribution in [2.75, 3.05) is 17.2 Å². The van der Waals surface area contributed by atoms with Crippen LogP contribution in [0, 0.1) is 0 Å². The van der Waals surface area contributed by atoms with E-state index < -0.39 is 0 Å². The van der Waals surface area contributed by atoms with E-state index in [2.05, 4.69) is 30.3 Å². The van der Waals surface area contributed by atoms with Gasteiger partial charge in [0.05, 0.1) is 12.4 Å². The molecule has 2 heterocycles. The summed E-state index contributed by atoms with van der Waals surface area (Å²) in [6.45, 7) is 2.70. The minimum absolute atomic E-state index is 0.434. The molecular weight excluding hydrogens is 230 g/mol. The van der Waals surface area contributed by atoms with Crippen LogP contribution < -0.4 is 10.6 Å². The lowest BCUT2D eigenvalue weighted by Gasteiger charge is -2.06. The predicted octanol–water partition coefficient (Wildman–Crippen LogP) is 2.29. The van der Waals surface area contributed by atoms with Crippen molar-refractivity contribution in [2.24, 2.45) is 0 Å². The monoisotopic (exact) mass is 239 g/mol. The Kier molecular flexibility index (Phi) is 3.21. The lowest BCUT2D eigenvalue weighted by atomic mass is 10.5. The van der Waals surface area contributed by atoms with Crippen molar-refractivity contribution in [3.05, 3.63) is 23.7 Å². The van der Waals surface area contributed by atoms with Crippen LogP contribution in [0.1, 0.15) is 6.92 Å². The molecule has 2 aromatic heterocycles. The molecule has 0 fully saturated rings. The molecule has 0 aliphatic rings. The fraction of sp³-hybridized carbons (Fsp3) is 0.222. The second-order valence-corrected chi connectivity index (χ2v) is 3.37. The van der Waals surface area contributed by atoms with Crippen LogP contribution in [0.5, 0.6) is 0 Å². The van der Waals surface area contributed by atoms with Gasteiger partial charge in [-0.3, -0.25) is 0 Å². The van der Waals surface area contributed by atoms with E-state index in [0.717, 1.165) is 6.54 Å². The molecule has 2 rings (SSSR count). The smallest absolute Gasteiger partial charge is 0.229 e. The number of hydrogen-bond donors (Lipinski definition) is 2. The van der Waals surface area contributed by atoms with E-state index in [-0.39, 0.29) is 0 Å². The van der Waals surface area contributed by atoms with Crippen LogP contribution in [0.2, 0.25) is 5.02 Å². The Labute approximate surface area is 97.0 Å². The van der Waals surface area contributed by atoms with Crippen LogP contribution >= 0.6 is 11.6 Å². The van der Waals surface area contributed by atoms with Gasteiger partial charge in [-0.2, -0.15) is 4.98 Å². The summed E-state index contributed by atoms with van der Waals surface area (Å²) in [5.74, 6) is 1.03. The van der Waals surface area contributed by atoms with Gasteiger partial charge >= 0.3 is 0 Å². The Balaban J connectivity index is 2.19. The number of halogens is 1. The summed E-state index contributed by atoms with van der Waals surface area (Å²) in [7, 11) is 0. The maximum Gasteiger partial charge on any atom is 0.229 e. The average molecular weight is 240 g/mol. The Morgan fingerprint density at radius 3 is 3.00 bits per heavy atom. The van der Waals surface area contributed by atoms with Gasteiger partial charge in [0.1, 0.15) is 22.8 Å². The van der Waals surface area contributed by atoms with Crippen molar-refractivity contribution in [1.29, 1.82) is 0 Å². The van der Waals surface area contributed by atoms with E-state index in [9.17, 15) is 0 Å². The van der Waals surface area contributed by atoms with Gasteiger partial charge in [-0.25, -0.2) is 4.98 Å². The number of aromatic nitrogens is 3. The summed E-state index contributed by atoms with van der Waals surface area (Å²) in [4.78, 5) is 8.23. The minimum atomic E-state index is 0.434. The standard InChI is InChI=1S/C9H10ClN5O/c1-2-11-8-7(10)4-12-9(15-8)14-6-3-13-16-5-6/h3-5H,2H2,1H3,(H2,11,12,14,15). The molecule has 0 radical (unpaired) electrons. The number of nitrogens with one attached hydrogen (secondary N) is 2. The second-order valence-electron chi connectivity index (χ2n) is 2.96. The van der Waals surface area contributed by atoms with E-state index >= 15 is 0 Å². The minimum Gasteiger partial charge on any atom is -0.369 e. The summed E-state index contributed by atoms with van der Waals surface area (Å²) in [6, 6.07) is 0. The zero-order chi connectivity index (χ0) is 11.4. The van der Waals surface area contributed by atoms with Gasteiger partial charge in [0.15, 0.2) is 0 Å². The highest BCUT2D eigenvalue weighted by Gasteiger charge is 2.05. The van der Waals surface area contributed by atoms with Gasteiger partial charge in [-0.1, -0.05) is 16.8 Å². The van der Waals surface area contributed by atoms with Crippen LogP contribution in [0.25, 0.3) is 0 Å². The highest BCUT2D eigenvalue weighted by molar-refractivity contribution is 6.32. The molecule has 0 amide bonds. The quantitative estimate of drug-likeness (QED) is 0.853. The largest absolute Gasteiger partial charge is 0.369 e. The van der Waals surface area contributed by atoms with Gasteiger partial charge in [-0.15, -0.1) is 0 Å². The lowest BCUT2D eigenvalue weighted by molar-refractivity contribution is 0.420. The van der Waals surface area contributed by atoms with Crippen molar-refractivity contribution in [3.63, 3.8) is 0 Å². The first kappa shape index (κ1) is 10.7. The van der Waals surface area contributed by atoms with Gasteiger partial charge in [0.2, 0.25) is 5.95 Å². The molecular formula is C9H10ClN5O. The molecule has 0 spiro atoms. The van der Waals surface area contributed by atoms with Crippen LogP contribution in [0.15, 0.2) is 23.2 Å². The maximum absolute atomic E-state index is 5.91. The molecule has 0 aliphatic carbocycles. The van der Waals surface area contributed by atoms with Crippen molar-refractivity contribution < 1.29 is 4.52 Å². The highest BCUT2D eigenvalue weighted by Crippen LogP contribution is 2.20. The summed E-state index contributed by atoms with van der Waals surface area (Å²) in [6.07, 6.45) is 4.53. The predicted molar refractivity (Wildman–Crippen MR) is 61.0 cm³/mol. The number of anilines is 3. The van der Waals surface area contributed by atoms with Crippen LogP contribution in [-0.4, -0.2) is 21.7 Å². The van der Waals surface area contributed by atoms with E-state index in [1.807, 2.05) is 6.92 Å². The first-order valence-electron chi connectivity index (χ1n) is 4.72. The third-order valence-electron chi connectivity index (χ3n) is 1.78. The third-order valence-corrected chi connectivity index (χ3v) is 2.05. The summed E-state index contributed by atoms with van der Waals surface area (Å²) >= 11 is 5.91. The number of rotatable bonds is 4. The third kappa shape index (κ3) is 2.40. The molecule has 0 saturated carbocycles. The van der Waals surface area contributed by atoms with E-state index in [4.69, 9.17) is 11.6 Å². The molecule has 0 atom stereocenters. The van der Waals surface area contributed by atoms with Crippen molar-refractivity contribution >= 4 is 29.1 Å². The fourth-order valence-electron chi connectivity index (χ4n) is 1.11. The summed E-state index contributed by atoms with van der Waals surface area (Å²) in [5, 5.41) is 10.0. The molecule has 0 unspecified atom stereocenters. The molecule has 0 bridgehead atoms. The van der Waals surface area contributed by atoms with Crippen LogP contribution in [0.3, 0.4) is 0 Å². The summed E-state index contributed by atoms with van der Waals surface area (Å²) < 4.78 is 4.68. The van der Waals surface area contributed by atoms with Crippen molar-refractivity contribution in [3.8, 4) is 0 Å². The van der Waals surface area contributed by atoms with Gasteiger partial charge in [0, 0.05) is 6.54 Å². The van der Waals surface area contributed by atoms with Gasteiger partial charge in [-0.05, 0) is 6.92 Å². The Hall–Kier alpha value is -1.82. The fourth-order valence-corrected chi connectivity index (χ4v) is 1.27. The molecule has 16 heavy (non-hydrogen) atoms. The Morgan fingerprint density at radius 1 is 1.44 bits per heavy atom. The first-order valence-corrected chi connectivity index (χ1v) is 5.10. The average Bonchev–Trinajstić information content (AvgIpc) is 2.76. The molecule has 2 N–H and O–H groups in total. The highest BCUT2D eigenvalue weighted by atomic mass is 35.5. The summed E-state index contributed by atoms with van der Waals surface area (Å²) in [5.41, 5.74) is 0.685. The Morgan fingerprint density at radius 2 is 2.31 bits per heavy atom. The zero-order valence-electron chi connectivity index (χ0n) is 8.57. The van der Waals surface area contributed by atoms with E-state index in [1.165, 1.54) is 18.7 Å². The second kappa shape index (κ2) is 4.80. The topological polar surface area (TPSA) is 75.9 Å². The van der Waals surface area contributed by atoms with Gasteiger partial charge < -0.3 is 15.2 Å². The van der Waals surface area contributed by atoms with Crippen LogP contribution in [-0.2, 0) is 0 Å². The van der Waals surface area contributed by atoms with E-state index in [1.54, 1.807) is 0 Å². The molecule has 0 aromatic carbocycles. The zero-order valence-corrected chi connectivity index (χ0v) is 9.32. The first-order chi connectivity index (χ1) is 7.79. The molecule has 2 aromatic rings. The molecule has 7 heteroatoms. The molecule has 0 aliphatic heterocycles. The van der Waals surface area contributed by atoms with Crippen molar-refractivity contribution in [1.82, 2.24) is 15.1 Å². The maximum atomic E-state index is 5.91. The number of nitrogens with zero attached hydrogens (tertiary/aromatic N) is 3.